The molecule has 0 saturated carbocycles. The first kappa shape index (κ1) is 19.8. The van der Waals surface area contributed by atoms with Gasteiger partial charge in [0.25, 0.3) is 11.8 Å². The molecule has 3 amide bonds. The topological polar surface area (TPSA) is 79.0 Å². The number of fused-ring (bicyclic) bond motifs is 1. The van der Waals surface area contributed by atoms with E-state index in [-0.39, 0.29) is 36.7 Å². The monoisotopic (exact) mass is 413 g/mol. The molecule has 7 nitrogen and oxygen atoms in total. The van der Waals surface area contributed by atoms with Crippen molar-refractivity contribution in [2.24, 2.45) is 0 Å². The van der Waals surface area contributed by atoms with E-state index in [0.29, 0.717) is 30.9 Å². The highest BCUT2D eigenvalue weighted by molar-refractivity contribution is 7.10. The van der Waals surface area contributed by atoms with Crippen LogP contribution in [0.4, 0.5) is 0 Å². The van der Waals surface area contributed by atoms with Gasteiger partial charge in [0.15, 0.2) is 0 Å². The number of ether oxygens (including phenoxy) is 1. The van der Waals surface area contributed by atoms with Crippen LogP contribution in [0.25, 0.3) is 0 Å². The zero-order valence-corrected chi connectivity index (χ0v) is 16.8. The summed E-state index contributed by atoms with van der Waals surface area (Å²) in [5.74, 6) is -0.831. The second kappa shape index (κ2) is 8.86. The number of thiophene rings is 1. The van der Waals surface area contributed by atoms with E-state index < -0.39 is 0 Å². The van der Waals surface area contributed by atoms with Gasteiger partial charge in [-0.25, -0.2) is 0 Å². The Morgan fingerprint density at radius 2 is 1.76 bits per heavy atom. The van der Waals surface area contributed by atoms with Crippen molar-refractivity contribution in [3.63, 3.8) is 0 Å². The highest BCUT2D eigenvalue weighted by Crippen LogP contribution is 2.26. The molecule has 1 N–H and O–H groups in total. The molecule has 3 heterocycles. The predicted molar refractivity (Wildman–Crippen MR) is 109 cm³/mol. The molecule has 0 unspecified atom stereocenters. The molecular formula is C21H23N3O4S. The van der Waals surface area contributed by atoms with E-state index in [0.717, 1.165) is 18.0 Å². The van der Waals surface area contributed by atoms with Crippen molar-refractivity contribution in [2.75, 3.05) is 39.4 Å². The van der Waals surface area contributed by atoms with Gasteiger partial charge in [-0.15, -0.1) is 11.3 Å². The van der Waals surface area contributed by atoms with Gasteiger partial charge >= 0.3 is 0 Å². The van der Waals surface area contributed by atoms with Crippen molar-refractivity contribution in [2.45, 2.75) is 12.5 Å². The van der Waals surface area contributed by atoms with E-state index in [1.807, 2.05) is 11.4 Å². The molecule has 4 rings (SSSR count). The smallest absolute Gasteiger partial charge is 0.261 e. The fourth-order valence-electron chi connectivity index (χ4n) is 3.73. The molecule has 0 bridgehead atoms. The molecule has 0 spiro atoms. The number of amides is 3. The average Bonchev–Trinajstić information content (AvgIpc) is 3.36. The summed E-state index contributed by atoms with van der Waals surface area (Å²) < 4.78 is 5.44. The molecule has 1 aromatic carbocycles. The van der Waals surface area contributed by atoms with Crippen LogP contribution in [0, 0.1) is 0 Å². The molecule has 2 aromatic rings. The van der Waals surface area contributed by atoms with Crippen LogP contribution in [0.2, 0.25) is 0 Å². The van der Waals surface area contributed by atoms with Gasteiger partial charge in [-0.3, -0.25) is 24.2 Å². The third kappa shape index (κ3) is 4.24. The Bertz CT molecular complexity index is 858. The lowest BCUT2D eigenvalue weighted by atomic mass is 10.1. The molecule has 0 aliphatic carbocycles. The number of hydrogen-bond acceptors (Lipinski definition) is 6. The summed E-state index contributed by atoms with van der Waals surface area (Å²) in [4.78, 5) is 41.9. The Morgan fingerprint density at radius 1 is 1.07 bits per heavy atom. The van der Waals surface area contributed by atoms with Gasteiger partial charge in [0.2, 0.25) is 5.91 Å². The summed E-state index contributed by atoms with van der Waals surface area (Å²) in [6, 6.07) is 10.9. The molecule has 29 heavy (non-hydrogen) atoms. The molecule has 1 aromatic heterocycles. The van der Waals surface area contributed by atoms with Gasteiger partial charge in [0.05, 0.1) is 30.4 Å². The van der Waals surface area contributed by atoms with E-state index >= 15 is 0 Å². The Kier molecular flexibility index (Phi) is 6.03. The van der Waals surface area contributed by atoms with E-state index in [9.17, 15) is 14.4 Å². The third-order valence-electron chi connectivity index (χ3n) is 5.29. The van der Waals surface area contributed by atoms with Crippen LogP contribution in [-0.4, -0.2) is 66.9 Å². The minimum Gasteiger partial charge on any atom is -0.379 e. The summed E-state index contributed by atoms with van der Waals surface area (Å²) in [7, 11) is 0. The van der Waals surface area contributed by atoms with Crippen LogP contribution in [0.1, 0.15) is 38.1 Å². The number of rotatable bonds is 7. The summed E-state index contributed by atoms with van der Waals surface area (Å²) in [5, 5.41) is 5.01. The number of carbonyl (C=O) groups excluding carboxylic acids is 3. The molecule has 1 fully saturated rings. The lowest BCUT2D eigenvalue weighted by Gasteiger charge is -2.34. The molecule has 2 aliphatic heterocycles. The van der Waals surface area contributed by atoms with E-state index in [1.165, 1.54) is 4.88 Å². The molecule has 1 atom stereocenters. The van der Waals surface area contributed by atoms with Crippen LogP contribution in [0.3, 0.4) is 0 Å². The van der Waals surface area contributed by atoms with Crippen molar-refractivity contribution >= 4 is 29.1 Å². The Labute approximate surface area is 173 Å². The fourth-order valence-corrected chi connectivity index (χ4v) is 4.60. The minimum absolute atomic E-state index is 0.0827. The second-order valence-electron chi connectivity index (χ2n) is 7.04. The third-order valence-corrected chi connectivity index (χ3v) is 6.26. The SMILES string of the molecule is O=C(CCN1C(=O)c2ccccc2C1=O)NC[C@@H](c1cccs1)N1CCOCC1. The molecule has 1 saturated heterocycles. The maximum atomic E-state index is 12.4. The number of carbonyl (C=O) groups is 3. The van der Waals surface area contributed by atoms with Crippen molar-refractivity contribution in [1.82, 2.24) is 15.1 Å². The van der Waals surface area contributed by atoms with Gasteiger partial charge in [0, 0.05) is 37.5 Å². The maximum absolute atomic E-state index is 12.4. The number of morpholine rings is 1. The molecule has 0 radical (unpaired) electrons. The first-order valence-corrected chi connectivity index (χ1v) is 10.6. The summed E-state index contributed by atoms with van der Waals surface area (Å²) in [5.41, 5.74) is 0.811. The van der Waals surface area contributed by atoms with Crippen LogP contribution in [0.5, 0.6) is 0 Å². The van der Waals surface area contributed by atoms with Gasteiger partial charge in [-0.2, -0.15) is 0 Å². The number of nitrogens with one attached hydrogen (secondary N) is 1. The van der Waals surface area contributed by atoms with Gasteiger partial charge < -0.3 is 10.1 Å². The maximum Gasteiger partial charge on any atom is 0.261 e. The van der Waals surface area contributed by atoms with Crippen LogP contribution >= 0.6 is 11.3 Å². The highest BCUT2D eigenvalue weighted by atomic mass is 32.1. The minimum atomic E-state index is -0.330. The van der Waals surface area contributed by atoms with Gasteiger partial charge in [-0.05, 0) is 23.6 Å². The second-order valence-corrected chi connectivity index (χ2v) is 8.02. The predicted octanol–water partition coefficient (Wildman–Crippen LogP) is 1.92. The number of imide groups is 1. The lowest BCUT2D eigenvalue weighted by molar-refractivity contribution is -0.121. The quantitative estimate of drug-likeness (QED) is 0.702. The van der Waals surface area contributed by atoms with Crippen LogP contribution in [-0.2, 0) is 9.53 Å². The Morgan fingerprint density at radius 3 is 2.38 bits per heavy atom. The largest absolute Gasteiger partial charge is 0.379 e. The first-order chi connectivity index (χ1) is 14.1. The molecule has 2 aliphatic rings. The average molecular weight is 413 g/mol. The van der Waals surface area contributed by atoms with Crippen molar-refractivity contribution in [3.05, 3.63) is 57.8 Å². The highest BCUT2D eigenvalue weighted by Gasteiger charge is 2.35. The van der Waals surface area contributed by atoms with Gasteiger partial charge in [-0.1, -0.05) is 18.2 Å². The lowest BCUT2D eigenvalue weighted by Crippen LogP contribution is -2.44. The van der Waals surface area contributed by atoms with Crippen LogP contribution < -0.4 is 5.32 Å². The fraction of sp³-hybridized carbons (Fsp3) is 0.381. The van der Waals surface area contributed by atoms with Crippen molar-refractivity contribution in [3.8, 4) is 0 Å². The summed E-state index contributed by atoms with van der Waals surface area (Å²) in [6.07, 6.45) is 0.0890. The van der Waals surface area contributed by atoms with Gasteiger partial charge in [0.1, 0.15) is 0 Å². The number of nitrogens with zero attached hydrogens (tertiary/aromatic N) is 2. The van der Waals surface area contributed by atoms with E-state index in [2.05, 4.69) is 16.3 Å². The standard InChI is InChI=1S/C21H23N3O4S/c25-19(7-8-24-20(26)15-4-1-2-5-16(15)21(24)27)22-14-17(18-6-3-13-29-18)23-9-11-28-12-10-23/h1-6,13,17H,7-12,14H2,(H,22,25)/t17-/m0/s1. The Hall–Kier alpha value is -2.55. The van der Waals surface area contributed by atoms with Crippen molar-refractivity contribution < 1.29 is 19.1 Å². The van der Waals surface area contributed by atoms with Crippen molar-refractivity contribution in [1.29, 1.82) is 0 Å². The molecule has 8 heteroatoms. The van der Waals surface area contributed by atoms with E-state index in [1.54, 1.807) is 35.6 Å². The summed E-state index contributed by atoms with van der Waals surface area (Å²) in [6.45, 7) is 3.60. The Balaban J connectivity index is 1.32. The summed E-state index contributed by atoms with van der Waals surface area (Å²) >= 11 is 1.67. The zero-order valence-electron chi connectivity index (χ0n) is 16.0. The molecule has 152 valence electrons. The first-order valence-electron chi connectivity index (χ1n) is 9.72. The number of hydrogen-bond donors (Lipinski definition) is 1. The normalized spacial score (nSPS) is 18.0. The number of benzene rings is 1. The zero-order chi connectivity index (χ0) is 20.2. The van der Waals surface area contributed by atoms with Crippen LogP contribution in [0.15, 0.2) is 41.8 Å². The van der Waals surface area contributed by atoms with E-state index in [4.69, 9.17) is 4.74 Å². The molecular weight excluding hydrogens is 390 g/mol.